The molecule has 0 amide bonds. The van der Waals surface area contributed by atoms with Crippen molar-refractivity contribution in [1.29, 1.82) is 0 Å². The highest BCUT2D eigenvalue weighted by Crippen LogP contribution is 2.20. The first-order valence-corrected chi connectivity index (χ1v) is 8.16. The monoisotopic (exact) mass is 262 g/mol. The van der Waals surface area contributed by atoms with Crippen molar-refractivity contribution in [3.05, 3.63) is 0 Å². The van der Waals surface area contributed by atoms with Crippen LogP contribution in [0.15, 0.2) is 0 Å². The zero-order valence-corrected chi connectivity index (χ0v) is 12.3. The summed E-state index contributed by atoms with van der Waals surface area (Å²) in [6.45, 7) is 11.3. The molecule has 1 aliphatic rings. The largest absolute Gasteiger partial charge is 0.301 e. The van der Waals surface area contributed by atoms with E-state index in [1.165, 1.54) is 0 Å². The summed E-state index contributed by atoms with van der Waals surface area (Å²) < 4.78 is 25.7. The third-order valence-electron chi connectivity index (χ3n) is 3.71. The van der Waals surface area contributed by atoms with Crippen molar-refractivity contribution in [3.8, 4) is 0 Å². The molecule has 1 heterocycles. The van der Waals surface area contributed by atoms with Gasteiger partial charge in [0.25, 0.3) is 0 Å². The number of sulfonamides is 1. The fourth-order valence-corrected chi connectivity index (χ4v) is 3.82. The Morgan fingerprint density at radius 1 is 1.18 bits per heavy atom. The van der Waals surface area contributed by atoms with E-state index in [2.05, 4.69) is 18.7 Å². The van der Waals surface area contributed by atoms with Gasteiger partial charge in [-0.25, -0.2) is 12.7 Å². The predicted molar refractivity (Wildman–Crippen MR) is 71.6 cm³/mol. The van der Waals surface area contributed by atoms with Crippen LogP contribution in [0.3, 0.4) is 0 Å². The van der Waals surface area contributed by atoms with Crippen molar-refractivity contribution >= 4 is 10.0 Å². The van der Waals surface area contributed by atoms with Gasteiger partial charge in [-0.2, -0.15) is 0 Å². The van der Waals surface area contributed by atoms with Crippen LogP contribution in [0.4, 0.5) is 0 Å². The minimum Gasteiger partial charge on any atom is -0.301 e. The summed E-state index contributed by atoms with van der Waals surface area (Å²) in [4.78, 5) is 2.43. The van der Waals surface area contributed by atoms with Crippen molar-refractivity contribution in [2.45, 2.75) is 51.8 Å². The van der Waals surface area contributed by atoms with Crippen LogP contribution in [0.1, 0.15) is 40.5 Å². The van der Waals surface area contributed by atoms with Crippen LogP contribution in [0, 0.1) is 0 Å². The third kappa shape index (κ3) is 3.42. The lowest BCUT2D eigenvalue weighted by molar-refractivity contribution is 0.152. The molecule has 0 unspecified atom stereocenters. The summed E-state index contributed by atoms with van der Waals surface area (Å²) in [5, 5.41) is -0.299. The summed E-state index contributed by atoms with van der Waals surface area (Å²) in [5.41, 5.74) is 0. The molecule has 1 saturated heterocycles. The SMILES string of the molecule is CCN(CC)C1CCN(S(=O)(=O)C(C)C)CC1. The fraction of sp³-hybridized carbons (Fsp3) is 1.00. The van der Waals surface area contributed by atoms with Gasteiger partial charge < -0.3 is 4.90 Å². The van der Waals surface area contributed by atoms with E-state index in [1.807, 2.05) is 0 Å². The Morgan fingerprint density at radius 3 is 2.00 bits per heavy atom. The van der Waals surface area contributed by atoms with Crippen LogP contribution in [-0.2, 0) is 10.0 Å². The maximum absolute atomic E-state index is 12.0. The van der Waals surface area contributed by atoms with Crippen molar-refractivity contribution in [1.82, 2.24) is 9.21 Å². The Morgan fingerprint density at radius 2 is 1.65 bits per heavy atom. The second-order valence-electron chi connectivity index (χ2n) is 4.95. The first kappa shape index (κ1) is 14.9. The molecule has 1 aliphatic heterocycles. The highest BCUT2D eigenvalue weighted by molar-refractivity contribution is 7.89. The number of piperidine rings is 1. The molecular formula is C12H26N2O2S. The first-order chi connectivity index (χ1) is 7.93. The minimum atomic E-state index is -3.05. The second kappa shape index (κ2) is 6.16. The van der Waals surface area contributed by atoms with E-state index in [4.69, 9.17) is 0 Å². The zero-order chi connectivity index (χ0) is 13.1. The van der Waals surface area contributed by atoms with Gasteiger partial charge in [-0.3, -0.25) is 0 Å². The Hall–Kier alpha value is -0.130. The molecule has 0 radical (unpaired) electrons. The smallest absolute Gasteiger partial charge is 0.216 e. The molecule has 1 fully saturated rings. The highest BCUT2D eigenvalue weighted by Gasteiger charge is 2.31. The molecule has 17 heavy (non-hydrogen) atoms. The maximum atomic E-state index is 12.0. The summed E-state index contributed by atoms with van der Waals surface area (Å²) >= 11 is 0. The van der Waals surface area contributed by atoms with Crippen LogP contribution < -0.4 is 0 Å². The van der Waals surface area contributed by atoms with Crippen molar-refractivity contribution in [2.75, 3.05) is 26.2 Å². The molecule has 0 aromatic rings. The summed E-state index contributed by atoms with van der Waals surface area (Å²) in [6, 6.07) is 0.559. The van der Waals surface area contributed by atoms with E-state index in [9.17, 15) is 8.42 Å². The summed E-state index contributed by atoms with van der Waals surface area (Å²) in [6.07, 6.45) is 1.93. The lowest BCUT2D eigenvalue weighted by Crippen LogP contribution is -2.48. The van der Waals surface area contributed by atoms with E-state index < -0.39 is 10.0 Å². The van der Waals surface area contributed by atoms with Gasteiger partial charge in [0.2, 0.25) is 10.0 Å². The van der Waals surface area contributed by atoms with Crippen LogP contribution >= 0.6 is 0 Å². The molecule has 0 aromatic carbocycles. The predicted octanol–water partition coefficient (Wildman–Crippen LogP) is 1.53. The molecule has 0 aliphatic carbocycles. The number of hydrogen-bond donors (Lipinski definition) is 0. The molecule has 0 spiro atoms. The van der Waals surface area contributed by atoms with Crippen LogP contribution in [0.5, 0.6) is 0 Å². The topological polar surface area (TPSA) is 40.6 Å². The molecule has 5 heteroatoms. The average Bonchev–Trinajstić information content (AvgIpc) is 2.31. The van der Waals surface area contributed by atoms with Crippen LogP contribution in [-0.4, -0.2) is 55.1 Å². The van der Waals surface area contributed by atoms with Gasteiger partial charge in [0, 0.05) is 19.1 Å². The van der Waals surface area contributed by atoms with Gasteiger partial charge in [0.05, 0.1) is 5.25 Å². The number of nitrogens with zero attached hydrogens (tertiary/aromatic N) is 2. The quantitative estimate of drug-likeness (QED) is 0.754. The molecule has 0 saturated carbocycles. The van der Waals surface area contributed by atoms with Crippen molar-refractivity contribution in [2.24, 2.45) is 0 Å². The van der Waals surface area contributed by atoms with Gasteiger partial charge >= 0.3 is 0 Å². The average molecular weight is 262 g/mol. The molecule has 0 N–H and O–H groups in total. The minimum absolute atomic E-state index is 0.299. The lowest BCUT2D eigenvalue weighted by atomic mass is 10.1. The normalized spacial score (nSPS) is 20.4. The van der Waals surface area contributed by atoms with E-state index >= 15 is 0 Å². The standard InChI is InChI=1S/C12H26N2O2S/c1-5-13(6-2)12-7-9-14(10-8-12)17(15,16)11(3)4/h11-12H,5-10H2,1-4H3. The van der Waals surface area contributed by atoms with Crippen molar-refractivity contribution < 1.29 is 8.42 Å². The number of rotatable bonds is 5. The van der Waals surface area contributed by atoms with E-state index in [-0.39, 0.29) is 5.25 Å². The molecular weight excluding hydrogens is 236 g/mol. The van der Waals surface area contributed by atoms with Gasteiger partial charge in [-0.15, -0.1) is 0 Å². The van der Waals surface area contributed by atoms with Crippen molar-refractivity contribution in [3.63, 3.8) is 0 Å². The van der Waals surface area contributed by atoms with E-state index in [1.54, 1.807) is 18.2 Å². The van der Waals surface area contributed by atoms with Gasteiger partial charge in [-0.05, 0) is 39.8 Å². The maximum Gasteiger partial charge on any atom is 0.216 e. The number of hydrogen-bond acceptors (Lipinski definition) is 3. The second-order valence-corrected chi connectivity index (χ2v) is 7.43. The van der Waals surface area contributed by atoms with E-state index in [0.717, 1.165) is 25.9 Å². The lowest BCUT2D eigenvalue weighted by Gasteiger charge is -2.37. The summed E-state index contributed by atoms with van der Waals surface area (Å²) in [5.74, 6) is 0. The Labute approximate surface area is 106 Å². The highest BCUT2D eigenvalue weighted by atomic mass is 32.2. The molecule has 0 aromatic heterocycles. The molecule has 0 atom stereocenters. The first-order valence-electron chi connectivity index (χ1n) is 6.66. The van der Waals surface area contributed by atoms with E-state index in [0.29, 0.717) is 19.1 Å². The Bertz CT molecular complexity index is 315. The Kier molecular flexibility index (Phi) is 5.41. The van der Waals surface area contributed by atoms with Gasteiger partial charge in [0.1, 0.15) is 0 Å². The molecule has 102 valence electrons. The zero-order valence-electron chi connectivity index (χ0n) is 11.5. The van der Waals surface area contributed by atoms with Gasteiger partial charge in [-0.1, -0.05) is 13.8 Å². The summed E-state index contributed by atoms with van der Waals surface area (Å²) in [7, 11) is -3.05. The van der Waals surface area contributed by atoms with Crippen LogP contribution in [0.2, 0.25) is 0 Å². The fourth-order valence-electron chi connectivity index (χ4n) is 2.50. The third-order valence-corrected chi connectivity index (χ3v) is 5.98. The molecule has 1 rings (SSSR count). The van der Waals surface area contributed by atoms with Gasteiger partial charge in [0.15, 0.2) is 0 Å². The Balaban J connectivity index is 2.57. The molecule has 0 bridgehead atoms. The van der Waals surface area contributed by atoms with Crippen LogP contribution in [0.25, 0.3) is 0 Å². The molecule has 4 nitrogen and oxygen atoms in total.